The molecule has 2 amide bonds. The number of carbonyl (C=O) groups excluding carboxylic acids is 4. The number of carbonyl (C=O) groups is 4. The summed E-state index contributed by atoms with van der Waals surface area (Å²) in [6.07, 6.45) is 1.13. The quantitative estimate of drug-likeness (QED) is 0.123. The predicted octanol–water partition coefficient (Wildman–Crippen LogP) is 1.10. The van der Waals surface area contributed by atoms with Gasteiger partial charge < -0.3 is 24.7 Å². The van der Waals surface area contributed by atoms with Gasteiger partial charge >= 0.3 is 18.0 Å². The molecule has 12 nitrogen and oxygen atoms in total. The first-order valence-corrected chi connectivity index (χ1v) is 11.3. The second-order valence-corrected chi connectivity index (χ2v) is 8.61. The van der Waals surface area contributed by atoms with Crippen molar-refractivity contribution in [1.29, 1.82) is 0 Å². The molecule has 0 saturated heterocycles. The van der Waals surface area contributed by atoms with Crippen molar-refractivity contribution in [3.8, 4) is 0 Å². The van der Waals surface area contributed by atoms with Crippen LogP contribution in [0.15, 0.2) is 24.3 Å². The molecule has 0 aromatic heterocycles. The van der Waals surface area contributed by atoms with E-state index >= 15 is 0 Å². The monoisotopic (exact) mass is 495 g/mol. The number of rotatable bonds is 15. The standard InChI is InChI=1S/C23H33N3O9/c1-17(27)35-20(15-21(28)29)16-26(2,3)23(31)24-13-6-4-5-7-22(30)34-14-12-18-8-10-19(11-9-18)25(32)33/h8-11,20H,4-7,12-16H2,1-3H3,(H-,24,28,29,31). The molecular formula is C23H33N3O9. The molecule has 1 rings (SSSR count). The van der Waals surface area contributed by atoms with Gasteiger partial charge in [-0.25, -0.2) is 9.28 Å². The van der Waals surface area contributed by atoms with Crippen molar-refractivity contribution < 1.29 is 43.2 Å². The summed E-state index contributed by atoms with van der Waals surface area (Å²) in [4.78, 5) is 56.5. The van der Waals surface area contributed by atoms with Gasteiger partial charge in [0.05, 0.1) is 25.6 Å². The third kappa shape index (κ3) is 12.5. The predicted molar refractivity (Wildman–Crippen MR) is 122 cm³/mol. The van der Waals surface area contributed by atoms with E-state index in [1.165, 1.54) is 12.1 Å². The van der Waals surface area contributed by atoms with Crippen molar-refractivity contribution in [2.24, 2.45) is 0 Å². The lowest BCUT2D eigenvalue weighted by atomic mass is 10.1. The zero-order valence-corrected chi connectivity index (χ0v) is 20.3. The first-order chi connectivity index (χ1) is 16.4. The Hall–Kier alpha value is -3.54. The van der Waals surface area contributed by atoms with Gasteiger partial charge in [0.1, 0.15) is 6.54 Å². The number of aliphatic carboxylic acids is 1. The van der Waals surface area contributed by atoms with Crippen molar-refractivity contribution in [3.63, 3.8) is 0 Å². The van der Waals surface area contributed by atoms with Crippen LogP contribution >= 0.6 is 0 Å². The molecule has 1 aromatic rings. The lowest BCUT2D eigenvalue weighted by Gasteiger charge is -2.30. The molecule has 12 heteroatoms. The summed E-state index contributed by atoms with van der Waals surface area (Å²) in [5.41, 5.74) is 0.839. The Morgan fingerprint density at radius 2 is 1.74 bits per heavy atom. The number of unbranched alkanes of at least 4 members (excludes halogenated alkanes) is 2. The van der Waals surface area contributed by atoms with Crippen LogP contribution in [0.5, 0.6) is 0 Å². The molecule has 194 valence electrons. The fourth-order valence-corrected chi connectivity index (χ4v) is 3.28. The van der Waals surface area contributed by atoms with Crippen LogP contribution in [0.2, 0.25) is 0 Å². The highest BCUT2D eigenvalue weighted by molar-refractivity contribution is 5.70. The molecule has 1 unspecified atom stereocenters. The first-order valence-electron chi connectivity index (χ1n) is 11.3. The topological polar surface area (TPSA) is 165 Å². The van der Waals surface area contributed by atoms with Gasteiger partial charge in [-0.1, -0.05) is 18.6 Å². The van der Waals surface area contributed by atoms with E-state index in [1.807, 2.05) is 0 Å². The number of nitrogens with zero attached hydrogens (tertiary/aromatic N) is 2. The molecule has 0 aliphatic rings. The number of non-ortho nitro benzene ring substituents is 1. The summed E-state index contributed by atoms with van der Waals surface area (Å²) < 4.78 is 9.92. The normalized spacial score (nSPS) is 11.9. The number of likely N-dealkylation sites (N-methyl/N-ethyl adjacent to an activating group) is 1. The number of quaternary nitrogens is 1. The van der Waals surface area contributed by atoms with E-state index in [0.29, 0.717) is 32.2 Å². The van der Waals surface area contributed by atoms with E-state index in [-0.39, 0.29) is 41.7 Å². The molecule has 0 radical (unpaired) electrons. The number of nitrogens with one attached hydrogen (secondary N) is 1. The third-order valence-corrected chi connectivity index (χ3v) is 5.07. The Labute approximate surface area is 203 Å². The molecule has 1 N–H and O–H groups in total. The molecule has 1 aromatic carbocycles. The van der Waals surface area contributed by atoms with Crippen LogP contribution in [0, 0.1) is 10.1 Å². The van der Waals surface area contributed by atoms with E-state index in [1.54, 1.807) is 26.2 Å². The summed E-state index contributed by atoms with van der Waals surface area (Å²) in [5, 5.41) is 24.3. The minimum Gasteiger partial charge on any atom is -0.550 e. The molecular weight excluding hydrogens is 462 g/mol. The molecule has 0 aliphatic heterocycles. The van der Waals surface area contributed by atoms with Gasteiger partial charge in [-0.2, -0.15) is 0 Å². The van der Waals surface area contributed by atoms with Crippen molar-refractivity contribution in [1.82, 2.24) is 5.32 Å². The van der Waals surface area contributed by atoms with Crippen LogP contribution < -0.4 is 10.4 Å². The van der Waals surface area contributed by atoms with Gasteiger partial charge in [-0.05, 0) is 18.4 Å². The van der Waals surface area contributed by atoms with E-state index < -0.39 is 29.4 Å². The van der Waals surface area contributed by atoms with Crippen LogP contribution in [0.4, 0.5) is 10.5 Å². The number of nitro benzene ring substituents is 1. The largest absolute Gasteiger partial charge is 0.550 e. The van der Waals surface area contributed by atoms with Gasteiger partial charge in [0, 0.05) is 50.8 Å². The molecule has 1 atom stereocenters. The number of hydrogen-bond acceptors (Lipinski definition) is 9. The van der Waals surface area contributed by atoms with Crippen LogP contribution in [-0.2, 0) is 30.3 Å². The molecule has 0 fully saturated rings. The summed E-state index contributed by atoms with van der Waals surface area (Å²) >= 11 is 0. The van der Waals surface area contributed by atoms with Crippen LogP contribution in [0.25, 0.3) is 0 Å². The highest BCUT2D eigenvalue weighted by atomic mass is 16.6. The number of amides is 2. The SMILES string of the molecule is CC(=O)OC(CC(=O)[O-])C[N+](C)(C)C(=O)NCCCCCC(=O)OCCc1ccc([N+](=O)[O-])cc1. The summed E-state index contributed by atoms with van der Waals surface area (Å²) in [5.74, 6) is -2.35. The highest BCUT2D eigenvalue weighted by Crippen LogP contribution is 2.12. The number of benzene rings is 1. The fraction of sp³-hybridized carbons (Fsp3) is 0.565. The highest BCUT2D eigenvalue weighted by Gasteiger charge is 2.31. The molecule has 0 aliphatic carbocycles. The fourth-order valence-electron chi connectivity index (χ4n) is 3.28. The number of urea groups is 1. The number of esters is 2. The zero-order valence-electron chi connectivity index (χ0n) is 20.3. The van der Waals surface area contributed by atoms with Gasteiger partial charge in [-0.3, -0.25) is 19.7 Å². The van der Waals surface area contributed by atoms with Crippen LogP contribution in [0.1, 0.15) is 44.6 Å². The third-order valence-electron chi connectivity index (χ3n) is 5.07. The summed E-state index contributed by atoms with van der Waals surface area (Å²) in [6.45, 7) is 1.70. The second-order valence-electron chi connectivity index (χ2n) is 8.61. The van der Waals surface area contributed by atoms with E-state index in [2.05, 4.69) is 5.32 Å². The van der Waals surface area contributed by atoms with Crippen molar-refractivity contribution in [2.45, 2.75) is 51.6 Å². The number of ether oxygens (including phenoxy) is 2. The smallest absolute Gasteiger partial charge is 0.416 e. The Morgan fingerprint density at radius 3 is 2.31 bits per heavy atom. The first kappa shape index (κ1) is 29.5. The molecule has 35 heavy (non-hydrogen) atoms. The maximum Gasteiger partial charge on any atom is 0.416 e. The molecule has 0 spiro atoms. The minimum atomic E-state index is -1.37. The summed E-state index contributed by atoms with van der Waals surface area (Å²) in [7, 11) is 3.15. The number of carboxylic acid groups (broad SMARTS) is 1. The Morgan fingerprint density at radius 1 is 1.09 bits per heavy atom. The lowest BCUT2D eigenvalue weighted by Crippen LogP contribution is -2.56. The van der Waals surface area contributed by atoms with E-state index in [4.69, 9.17) is 9.47 Å². The van der Waals surface area contributed by atoms with Gasteiger partial charge in [0.15, 0.2) is 6.10 Å². The zero-order chi connectivity index (χ0) is 26.4. The second kappa shape index (κ2) is 14.7. The Balaban J connectivity index is 2.23. The van der Waals surface area contributed by atoms with Gasteiger partial charge in [-0.15, -0.1) is 0 Å². The van der Waals surface area contributed by atoms with Crippen LogP contribution in [0.3, 0.4) is 0 Å². The van der Waals surface area contributed by atoms with Gasteiger partial charge in [0.25, 0.3) is 5.69 Å². The van der Waals surface area contributed by atoms with E-state index in [9.17, 15) is 34.4 Å². The Kier molecular flexibility index (Phi) is 12.4. The van der Waals surface area contributed by atoms with Crippen molar-refractivity contribution in [3.05, 3.63) is 39.9 Å². The maximum absolute atomic E-state index is 12.5. The van der Waals surface area contributed by atoms with Gasteiger partial charge in [0.2, 0.25) is 0 Å². The average molecular weight is 496 g/mol. The molecule has 0 heterocycles. The maximum atomic E-state index is 12.5. The van der Waals surface area contributed by atoms with E-state index in [0.717, 1.165) is 12.5 Å². The Bertz CT molecular complexity index is 869. The molecule has 0 saturated carbocycles. The number of carboxylic acids is 1. The average Bonchev–Trinajstić information content (AvgIpc) is 2.75. The van der Waals surface area contributed by atoms with Crippen LogP contribution in [-0.4, -0.2) is 73.2 Å². The van der Waals surface area contributed by atoms with Crippen molar-refractivity contribution in [2.75, 3.05) is 33.8 Å². The number of hydrogen-bond donors (Lipinski definition) is 1. The summed E-state index contributed by atoms with van der Waals surface area (Å²) in [6, 6.07) is 5.70. The minimum absolute atomic E-state index is 0.00590. The van der Waals surface area contributed by atoms with Crippen molar-refractivity contribution >= 4 is 29.6 Å². The lowest BCUT2D eigenvalue weighted by molar-refractivity contribution is -0.812. The molecule has 0 bridgehead atoms. The number of nitro groups is 1.